The number of hydrogen-bond donors (Lipinski definition) is 1. The molecule has 6 heteroatoms. The van der Waals surface area contributed by atoms with Crippen molar-refractivity contribution in [2.75, 3.05) is 5.75 Å². The van der Waals surface area contributed by atoms with Crippen LogP contribution in [0.2, 0.25) is 0 Å². The van der Waals surface area contributed by atoms with Gasteiger partial charge in [0, 0.05) is 0 Å². The number of rotatable bonds is 3. The molecule has 0 aliphatic carbocycles. The molecule has 92 valence electrons. The van der Waals surface area contributed by atoms with E-state index in [2.05, 4.69) is 4.99 Å². The second kappa shape index (κ2) is 5.88. The summed E-state index contributed by atoms with van der Waals surface area (Å²) in [5.41, 5.74) is 1.26. The van der Waals surface area contributed by atoms with Crippen LogP contribution in [0.5, 0.6) is 0 Å². The molecule has 0 saturated carbocycles. The van der Waals surface area contributed by atoms with E-state index in [1.54, 1.807) is 6.08 Å². The zero-order valence-corrected chi connectivity index (χ0v) is 10.8. The van der Waals surface area contributed by atoms with Crippen molar-refractivity contribution in [3.63, 3.8) is 0 Å². The van der Waals surface area contributed by atoms with E-state index in [0.29, 0.717) is 10.1 Å². The molecule has 4 nitrogen and oxygen atoms in total. The molecule has 0 unspecified atom stereocenters. The van der Waals surface area contributed by atoms with Gasteiger partial charge in [0.2, 0.25) is 5.12 Å². The average molecular weight is 279 g/mol. The Hall–Kier alpha value is -1.53. The van der Waals surface area contributed by atoms with Gasteiger partial charge < -0.3 is 5.11 Å². The summed E-state index contributed by atoms with van der Waals surface area (Å²) in [4.78, 5) is 26.2. The van der Waals surface area contributed by atoms with E-state index in [0.717, 1.165) is 29.1 Å². The molecule has 18 heavy (non-hydrogen) atoms. The van der Waals surface area contributed by atoms with E-state index in [1.165, 1.54) is 0 Å². The summed E-state index contributed by atoms with van der Waals surface area (Å²) in [7, 11) is 0. The van der Waals surface area contributed by atoms with Gasteiger partial charge in [0.05, 0.1) is 5.75 Å². The minimum Gasteiger partial charge on any atom is -0.481 e. The zero-order chi connectivity index (χ0) is 13.0. The lowest BCUT2D eigenvalue weighted by molar-refractivity contribution is -0.133. The van der Waals surface area contributed by atoms with E-state index < -0.39 is 5.97 Å². The third kappa shape index (κ3) is 3.48. The highest BCUT2D eigenvalue weighted by atomic mass is 32.2. The lowest BCUT2D eigenvalue weighted by atomic mass is 10.2. The molecule has 0 amide bonds. The van der Waals surface area contributed by atoms with Crippen LogP contribution < -0.4 is 0 Å². The first-order valence-electron chi connectivity index (χ1n) is 5.07. The van der Waals surface area contributed by atoms with E-state index in [9.17, 15) is 9.59 Å². The largest absolute Gasteiger partial charge is 0.481 e. The fourth-order valence-electron chi connectivity index (χ4n) is 1.28. The number of carbonyl (C=O) groups is 2. The third-order valence-corrected chi connectivity index (χ3v) is 4.02. The van der Waals surface area contributed by atoms with Gasteiger partial charge in [-0.2, -0.15) is 0 Å². The van der Waals surface area contributed by atoms with Crippen LogP contribution in [0.3, 0.4) is 0 Å². The normalized spacial score (nSPS) is 17.0. The van der Waals surface area contributed by atoms with Gasteiger partial charge in [-0.25, -0.2) is 4.99 Å². The maximum absolute atomic E-state index is 11.7. The smallest absolute Gasteiger partial charge is 0.313 e. The van der Waals surface area contributed by atoms with Crippen molar-refractivity contribution in [3.05, 3.63) is 41.6 Å². The monoisotopic (exact) mass is 279 g/mol. The van der Waals surface area contributed by atoms with Crippen LogP contribution in [-0.2, 0) is 9.59 Å². The molecule has 0 spiro atoms. The Morgan fingerprint density at radius 2 is 2.11 bits per heavy atom. The Labute approximate surface area is 112 Å². The zero-order valence-electron chi connectivity index (χ0n) is 9.20. The lowest BCUT2D eigenvalue weighted by Crippen LogP contribution is -1.99. The summed E-state index contributed by atoms with van der Waals surface area (Å²) in [5.74, 6) is -1.01. The van der Waals surface area contributed by atoms with Crippen LogP contribution in [0.15, 0.2) is 41.0 Å². The van der Waals surface area contributed by atoms with E-state index in [-0.39, 0.29) is 10.9 Å². The second-order valence-electron chi connectivity index (χ2n) is 3.39. The SMILES string of the molecule is O=C(O)CSC1=NC(=Cc2ccccc2)C(=O)S1. The summed E-state index contributed by atoms with van der Waals surface area (Å²) in [6.07, 6.45) is 1.70. The number of thioether (sulfide) groups is 2. The molecule has 0 saturated heterocycles. The molecule has 0 atom stereocenters. The molecule has 0 aromatic heterocycles. The van der Waals surface area contributed by atoms with Crippen LogP contribution in [-0.4, -0.2) is 26.3 Å². The summed E-state index contributed by atoms with van der Waals surface area (Å²) < 4.78 is 0.490. The van der Waals surface area contributed by atoms with Gasteiger partial charge in [0.15, 0.2) is 0 Å². The molecule has 1 N–H and O–H groups in total. The van der Waals surface area contributed by atoms with Crippen LogP contribution in [0.4, 0.5) is 0 Å². The first-order chi connectivity index (χ1) is 8.65. The van der Waals surface area contributed by atoms with Crippen molar-refractivity contribution >= 4 is 45.1 Å². The average Bonchev–Trinajstić information content (AvgIpc) is 2.69. The number of carbonyl (C=O) groups excluding carboxylic acids is 1. The van der Waals surface area contributed by atoms with Crippen molar-refractivity contribution in [3.8, 4) is 0 Å². The number of benzene rings is 1. The maximum Gasteiger partial charge on any atom is 0.313 e. The number of carboxylic acid groups (broad SMARTS) is 1. The Kier molecular flexibility index (Phi) is 4.22. The van der Waals surface area contributed by atoms with Crippen molar-refractivity contribution in [2.24, 2.45) is 4.99 Å². The number of nitrogens with zero attached hydrogens (tertiary/aromatic N) is 1. The molecule has 1 aromatic carbocycles. The number of aliphatic imine (C=N–C) groups is 1. The van der Waals surface area contributed by atoms with E-state index >= 15 is 0 Å². The highest BCUT2D eigenvalue weighted by Gasteiger charge is 2.22. The summed E-state index contributed by atoms with van der Waals surface area (Å²) in [5, 5.41) is 8.41. The molecule has 2 rings (SSSR count). The van der Waals surface area contributed by atoms with Gasteiger partial charge >= 0.3 is 5.97 Å². The van der Waals surface area contributed by atoms with Crippen molar-refractivity contribution in [1.29, 1.82) is 0 Å². The highest BCUT2D eigenvalue weighted by Crippen LogP contribution is 2.30. The minimum absolute atomic E-state index is 0.0856. The van der Waals surface area contributed by atoms with Gasteiger partial charge in [-0.15, -0.1) is 0 Å². The second-order valence-corrected chi connectivity index (χ2v) is 5.57. The fourth-order valence-corrected chi connectivity index (χ4v) is 2.84. The van der Waals surface area contributed by atoms with Crippen LogP contribution in [0, 0.1) is 0 Å². The molecule has 1 aliphatic heterocycles. The first kappa shape index (κ1) is 12.9. The van der Waals surface area contributed by atoms with Gasteiger partial charge in [0.25, 0.3) is 0 Å². The maximum atomic E-state index is 11.7. The summed E-state index contributed by atoms with van der Waals surface area (Å²) in [6.45, 7) is 0. The standard InChI is InChI=1S/C12H9NO3S2/c14-10(15)7-17-12-13-9(11(16)18-12)6-8-4-2-1-3-5-8/h1-6H,7H2,(H,14,15). The van der Waals surface area contributed by atoms with Gasteiger partial charge in [-0.05, 0) is 23.4 Å². The molecule has 0 radical (unpaired) electrons. The molecule has 1 aromatic rings. The molecular formula is C12H9NO3S2. The van der Waals surface area contributed by atoms with Crippen molar-refractivity contribution in [1.82, 2.24) is 0 Å². The molecule has 0 fully saturated rings. The highest BCUT2D eigenvalue weighted by molar-refractivity contribution is 8.45. The summed E-state index contributed by atoms with van der Waals surface area (Å²) in [6, 6.07) is 9.40. The predicted molar refractivity (Wildman–Crippen MR) is 74.5 cm³/mol. The molecular weight excluding hydrogens is 270 g/mol. The van der Waals surface area contributed by atoms with Crippen LogP contribution >= 0.6 is 23.5 Å². The molecule has 1 aliphatic rings. The molecule has 0 bridgehead atoms. The van der Waals surface area contributed by atoms with E-state index in [4.69, 9.17) is 5.11 Å². The Morgan fingerprint density at radius 1 is 1.39 bits per heavy atom. The first-order valence-corrected chi connectivity index (χ1v) is 6.87. The molecule has 1 heterocycles. The predicted octanol–water partition coefficient (Wildman–Crippen LogP) is 2.47. The Balaban J connectivity index is 2.12. The Morgan fingerprint density at radius 3 is 2.78 bits per heavy atom. The fraction of sp³-hybridized carbons (Fsp3) is 0.0833. The van der Waals surface area contributed by atoms with Crippen LogP contribution in [0.1, 0.15) is 5.56 Å². The summed E-state index contributed by atoms with van der Waals surface area (Å²) >= 11 is 2.04. The number of carboxylic acids is 1. The van der Waals surface area contributed by atoms with Crippen molar-refractivity contribution < 1.29 is 14.7 Å². The van der Waals surface area contributed by atoms with Gasteiger partial charge in [-0.3, -0.25) is 9.59 Å². The van der Waals surface area contributed by atoms with E-state index in [1.807, 2.05) is 30.3 Å². The van der Waals surface area contributed by atoms with Gasteiger partial charge in [0.1, 0.15) is 10.1 Å². The lowest BCUT2D eigenvalue weighted by Gasteiger charge is -1.92. The topological polar surface area (TPSA) is 66.7 Å². The van der Waals surface area contributed by atoms with Crippen LogP contribution in [0.25, 0.3) is 6.08 Å². The van der Waals surface area contributed by atoms with Gasteiger partial charge in [-0.1, -0.05) is 42.1 Å². The quantitative estimate of drug-likeness (QED) is 0.861. The van der Waals surface area contributed by atoms with Crippen molar-refractivity contribution in [2.45, 2.75) is 0 Å². The number of hydrogen-bond acceptors (Lipinski definition) is 5. The minimum atomic E-state index is -0.920. The Bertz CT molecular complexity index is 538. The third-order valence-electron chi connectivity index (χ3n) is 2.02. The number of aliphatic carboxylic acids is 1.